The molecule has 0 aliphatic rings. The van der Waals surface area contributed by atoms with Gasteiger partial charge in [0.25, 0.3) is 0 Å². The molecule has 6 heteroatoms. The highest BCUT2D eigenvalue weighted by Gasteiger charge is 2.18. The predicted molar refractivity (Wildman–Crippen MR) is 126 cm³/mol. The fourth-order valence-corrected chi connectivity index (χ4v) is 3.41. The molecule has 5 rings (SSSR count). The predicted octanol–water partition coefficient (Wildman–Crippen LogP) is 5.48. The Balaban J connectivity index is 1.65. The Bertz CT molecular complexity index is 1350. The van der Waals surface area contributed by atoms with Gasteiger partial charge in [0.2, 0.25) is 0 Å². The molecule has 0 N–H and O–H groups in total. The largest absolute Gasteiger partial charge is 0.220 e. The average molecular weight is 423 g/mol. The number of aromatic nitrogens is 6. The maximum Gasteiger partial charge on any atom is 0.113 e. The molecule has 32 heavy (non-hydrogen) atoms. The fraction of sp³-hybridized carbons (Fsp3) is 0.154. The molecule has 0 amide bonds. The van der Waals surface area contributed by atoms with Crippen LogP contribution >= 0.6 is 0 Å². The van der Waals surface area contributed by atoms with Gasteiger partial charge in [0.15, 0.2) is 0 Å². The zero-order valence-corrected chi connectivity index (χ0v) is 18.2. The lowest BCUT2D eigenvalue weighted by Crippen LogP contribution is -2.13. The molecule has 0 saturated carbocycles. The third-order valence-electron chi connectivity index (χ3n) is 5.24. The Kier molecular flexibility index (Phi) is 4.34. The molecule has 2 aromatic heterocycles. The molecular formula is C26H24N6. The molecule has 158 valence electrons. The molecule has 5 aromatic rings. The molecule has 6 nitrogen and oxygen atoms in total. The molecule has 0 aliphatic carbocycles. The molecule has 0 unspecified atom stereocenters. The minimum atomic E-state index is -0.180. The minimum absolute atomic E-state index is 0.180. The molecule has 0 aliphatic heterocycles. The van der Waals surface area contributed by atoms with Crippen LogP contribution in [0.15, 0.2) is 91.2 Å². The molecule has 0 atom stereocenters. The van der Waals surface area contributed by atoms with Crippen LogP contribution in [0.25, 0.3) is 33.9 Å². The first-order valence-electron chi connectivity index (χ1n) is 11.4. The SMILES string of the molecule is [2H]c1c(-c2ccccc2)nnn1-c1cc(-n2nnc(-c3ccccc3)c2[2H])cc(C(C)(C)C)c1. The van der Waals surface area contributed by atoms with Crippen molar-refractivity contribution in [2.45, 2.75) is 26.2 Å². The lowest BCUT2D eigenvalue weighted by molar-refractivity contribution is 0.588. The third-order valence-corrected chi connectivity index (χ3v) is 5.24. The van der Waals surface area contributed by atoms with Crippen LogP contribution in [0.5, 0.6) is 0 Å². The van der Waals surface area contributed by atoms with Crippen LogP contribution in [0.1, 0.15) is 29.1 Å². The van der Waals surface area contributed by atoms with E-state index in [4.69, 9.17) is 2.74 Å². The Labute approximate surface area is 190 Å². The normalized spacial score (nSPS) is 12.5. The molecule has 0 fully saturated rings. The van der Waals surface area contributed by atoms with Gasteiger partial charge in [0.1, 0.15) is 11.4 Å². The van der Waals surface area contributed by atoms with Crippen molar-refractivity contribution in [1.82, 2.24) is 30.0 Å². The first-order chi connectivity index (χ1) is 16.3. The summed E-state index contributed by atoms with van der Waals surface area (Å²) in [6.07, 6.45) is 0.385. The summed E-state index contributed by atoms with van der Waals surface area (Å²) in [6, 6.07) is 25.0. The monoisotopic (exact) mass is 422 g/mol. The zero-order valence-electron chi connectivity index (χ0n) is 20.2. The molecule has 3 aromatic carbocycles. The first-order valence-corrected chi connectivity index (χ1v) is 10.4. The van der Waals surface area contributed by atoms with E-state index in [1.54, 1.807) is 0 Å². The number of benzene rings is 3. The lowest BCUT2D eigenvalue weighted by atomic mass is 9.86. The van der Waals surface area contributed by atoms with Crippen LogP contribution in [-0.4, -0.2) is 30.0 Å². The third kappa shape index (κ3) is 3.95. The molecule has 0 spiro atoms. The van der Waals surface area contributed by atoms with E-state index in [9.17, 15) is 0 Å². The highest BCUT2D eigenvalue weighted by molar-refractivity contribution is 5.60. The van der Waals surface area contributed by atoms with Crippen LogP contribution in [0.2, 0.25) is 0 Å². The van der Waals surface area contributed by atoms with Crippen LogP contribution in [0, 0.1) is 0 Å². The van der Waals surface area contributed by atoms with Gasteiger partial charge in [-0.1, -0.05) is 91.9 Å². The molecule has 0 bridgehead atoms. The van der Waals surface area contributed by atoms with Gasteiger partial charge >= 0.3 is 0 Å². The van der Waals surface area contributed by atoms with Gasteiger partial charge in [-0.15, -0.1) is 10.2 Å². The van der Waals surface area contributed by atoms with Gasteiger partial charge in [-0.3, -0.25) is 0 Å². The maximum atomic E-state index is 8.73. The molecular weight excluding hydrogens is 396 g/mol. The maximum absolute atomic E-state index is 8.73. The summed E-state index contributed by atoms with van der Waals surface area (Å²) >= 11 is 0. The Morgan fingerprint density at radius 2 is 1.09 bits per heavy atom. The van der Waals surface area contributed by atoms with Gasteiger partial charge in [-0.2, -0.15) is 0 Å². The van der Waals surface area contributed by atoms with Crippen molar-refractivity contribution in [3.05, 3.63) is 96.8 Å². The van der Waals surface area contributed by atoms with Crippen molar-refractivity contribution in [3.63, 3.8) is 0 Å². The first kappa shape index (κ1) is 17.6. The molecule has 2 heterocycles. The summed E-state index contributed by atoms with van der Waals surface area (Å²) in [5.74, 6) is 0. The highest BCUT2D eigenvalue weighted by atomic mass is 15.4. The lowest BCUT2D eigenvalue weighted by Gasteiger charge is -2.21. The smallest absolute Gasteiger partial charge is 0.113 e. The van der Waals surface area contributed by atoms with Crippen molar-refractivity contribution in [2.75, 3.05) is 0 Å². The van der Waals surface area contributed by atoms with Gasteiger partial charge in [0, 0.05) is 11.1 Å². The number of hydrogen-bond acceptors (Lipinski definition) is 4. The minimum Gasteiger partial charge on any atom is -0.220 e. The Hall–Kier alpha value is -4.06. The number of rotatable bonds is 4. The topological polar surface area (TPSA) is 61.4 Å². The van der Waals surface area contributed by atoms with E-state index in [0.29, 0.717) is 22.8 Å². The second-order valence-electron chi connectivity index (χ2n) is 8.64. The molecule has 0 saturated heterocycles. The van der Waals surface area contributed by atoms with Gasteiger partial charge in [-0.05, 0) is 29.2 Å². The van der Waals surface area contributed by atoms with Crippen molar-refractivity contribution in [2.24, 2.45) is 0 Å². The van der Waals surface area contributed by atoms with Crippen molar-refractivity contribution in [3.8, 4) is 33.9 Å². The Morgan fingerprint density at radius 1 is 0.656 bits per heavy atom. The summed E-state index contributed by atoms with van der Waals surface area (Å²) in [5.41, 5.74) is 4.89. The number of nitrogens with zero attached hydrogens (tertiary/aromatic N) is 6. The second kappa shape index (κ2) is 7.89. The summed E-state index contributed by atoms with van der Waals surface area (Å²) in [6.45, 7) is 6.35. The van der Waals surface area contributed by atoms with E-state index >= 15 is 0 Å². The van der Waals surface area contributed by atoms with E-state index in [0.717, 1.165) is 16.7 Å². The van der Waals surface area contributed by atoms with E-state index in [1.807, 2.05) is 78.9 Å². The van der Waals surface area contributed by atoms with E-state index < -0.39 is 0 Å². The van der Waals surface area contributed by atoms with Crippen LogP contribution in [0.3, 0.4) is 0 Å². The summed E-state index contributed by atoms with van der Waals surface area (Å²) in [7, 11) is 0. The van der Waals surface area contributed by atoms with E-state index in [-0.39, 0.29) is 17.8 Å². The fourth-order valence-electron chi connectivity index (χ4n) is 3.41. The van der Waals surface area contributed by atoms with E-state index in [1.165, 1.54) is 9.36 Å². The standard InChI is InChI=1S/C26H24N6/c1-26(2,3)21-14-22(31-17-24(27-29-31)19-10-6-4-7-11-19)16-23(15-21)32-18-25(28-30-32)20-12-8-5-9-13-20/h4-18H,1-3H3/i17D,18D. The second-order valence-corrected chi connectivity index (χ2v) is 8.64. The zero-order chi connectivity index (χ0) is 23.9. The molecule has 0 radical (unpaired) electrons. The van der Waals surface area contributed by atoms with Crippen molar-refractivity contribution < 1.29 is 2.74 Å². The van der Waals surface area contributed by atoms with Crippen LogP contribution in [-0.2, 0) is 5.41 Å². The van der Waals surface area contributed by atoms with Gasteiger partial charge in [0.05, 0.1) is 26.5 Å². The van der Waals surface area contributed by atoms with Crippen LogP contribution in [0.4, 0.5) is 0 Å². The summed E-state index contributed by atoms with van der Waals surface area (Å²) < 4.78 is 20.5. The average Bonchev–Trinajstić information content (AvgIpc) is 3.42. The van der Waals surface area contributed by atoms with Crippen LogP contribution < -0.4 is 0 Å². The quantitative estimate of drug-likeness (QED) is 0.385. The number of hydrogen-bond donors (Lipinski definition) is 0. The van der Waals surface area contributed by atoms with E-state index in [2.05, 4.69) is 41.4 Å². The van der Waals surface area contributed by atoms with Crippen molar-refractivity contribution in [1.29, 1.82) is 0 Å². The van der Waals surface area contributed by atoms with Gasteiger partial charge < -0.3 is 0 Å². The highest BCUT2D eigenvalue weighted by Crippen LogP contribution is 2.28. The van der Waals surface area contributed by atoms with Crippen molar-refractivity contribution >= 4 is 0 Å². The van der Waals surface area contributed by atoms with Gasteiger partial charge in [-0.25, -0.2) is 9.36 Å². The Morgan fingerprint density at radius 3 is 1.50 bits per heavy atom. The summed E-state index contributed by atoms with van der Waals surface area (Å²) in [4.78, 5) is 0. The summed E-state index contributed by atoms with van der Waals surface area (Å²) in [5, 5.41) is 17.1.